The Bertz CT molecular complexity index is 445. The highest BCUT2D eigenvalue weighted by atomic mass is 79.9. The number of aromatic amines is 1. The zero-order valence-corrected chi connectivity index (χ0v) is 9.93. The second-order valence-electron chi connectivity index (χ2n) is 3.93. The minimum absolute atomic E-state index is 0.644. The lowest BCUT2D eigenvalue weighted by Crippen LogP contribution is -1.94. The summed E-state index contributed by atoms with van der Waals surface area (Å²) in [6, 6.07) is 6.09. The molecule has 1 heterocycles. The summed E-state index contributed by atoms with van der Waals surface area (Å²) in [5.74, 6) is 0.644. The van der Waals surface area contributed by atoms with Crippen LogP contribution in [0.5, 0.6) is 0 Å². The molecule has 0 spiro atoms. The van der Waals surface area contributed by atoms with Crippen molar-refractivity contribution in [2.75, 3.05) is 0 Å². The van der Waals surface area contributed by atoms with Gasteiger partial charge in [0.2, 0.25) is 0 Å². The number of hydrogen-bond acceptors (Lipinski definition) is 1. The number of aromatic nitrogens is 2. The summed E-state index contributed by atoms with van der Waals surface area (Å²) < 4.78 is 1.12. The van der Waals surface area contributed by atoms with E-state index in [0.29, 0.717) is 5.92 Å². The molecule has 0 radical (unpaired) electrons. The largest absolute Gasteiger partial charge is 0.281 e. The van der Waals surface area contributed by atoms with E-state index in [2.05, 4.69) is 46.0 Å². The van der Waals surface area contributed by atoms with Crippen LogP contribution in [0.1, 0.15) is 19.5 Å². The first-order chi connectivity index (χ1) is 6.68. The molecule has 2 nitrogen and oxygen atoms in total. The lowest BCUT2D eigenvalue weighted by Gasteiger charge is -2.02. The van der Waals surface area contributed by atoms with Gasteiger partial charge in [-0.3, -0.25) is 5.10 Å². The summed E-state index contributed by atoms with van der Waals surface area (Å²) >= 11 is 3.56. The molecule has 0 saturated heterocycles. The van der Waals surface area contributed by atoms with E-state index in [0.717, 1.165) is 16.4 Å². The molecule has 0 bridgehead atoms. The molecule has 2 aromatic rings. The van der Waals surface area contributed by atoms with Gasteiger partial charge in [-0.25, -0.2) is 0 Å². The highest BCUT2D eigenvalue weighted by molar-refractivity contribution is 9.10. The third-order valence-corrected chi connectivity index (χ3v) is 2.88. The minimum Gasteiger partial charge on any atom is -0.281 e. The summed E-state index contributed by atoms with van der Waals surface area (Å²) in [7, 11) is 0. The summed E-state index contributed by atoms with van der Waals surface area (Å²) in [4.78, 5) is 0. The van der Waals surface area contributed by atoms with E-state index >= 15 is 0 Å². The first kappa shape index (κ1) is 9.71. The Morgan fingerprint density at radius 2 is 2.21 bits per heavy atom. The number of fused-ring (bicyclic) bond motifs is 1. The Morgan fingerprint density at radius 3 is 2.93 bits per heavy atom. The smallest absolute Gasteiger partial charge is 0.0935 e. The standard InChI is InChI=1S/C11H13BrN2/c1-7(2)6-10-11-8(12)4-3-5-9(11)13-14-10/h3-5,7H,6H2,1-2H3,(H,13,14). The zero-order valence-electron chi connectivity index (χ0n) is 8.34. The number of nitrogens with one attached hydrogen (secondary N) is 1. The number of halogens is 1. The van der Waals surface area contributed by atoms with E-state index in [4.69, 9.17) is 0 Å². The molecule has 1 aromatic carbocycles. The van der Waals surface area contributed by atoms with Gasteiger partial charge in [0.1, 0.15) is 0 Å². The van der Waals surface area contributed by atoms with Gasteiger partial charge < -0.3 is 0 Å². The van der Waals surface area contributed by atoms with Crippen LogP contribution in [0.4, 0.5) is 0 Å². The molecule has 0 atom stereocenters. The molecule has 0 saturated carbocycles. The van der Waals surface area contributed by atoms with Gasteiger partial charge in [-0.05, 0) is 24.5 Å². The third-order valence-electron chi connectivity index (χ3n) is 2.22. The molecule has 1 N–H and O–H groups in total. The predicted molar refractivity (Wildman–Crippen MR) is 62.3 cm³/mol. The van der Waals surface area contributed by atoms with Crippen molar-refractivity contribution < 1.29 is 0 Å². The van der Waals surface area contributed by atoms with Crippen LogP contribution in [0.2, 0.25) is 0 Å². The summed E-state index contributed by atoms with van der Waals surface area (Å²) in [6.45, 7) is 4.42. The van der Waals surface area contributed by atoms with E-state index in [1.54, 1.807) is 0 Å². The van der Waals surface area contributed by atoms with Crippen LogP contribution >= 0.6 is 15.9 Å². The number of H-pyrrole nitrogens is 1. The van der Waals surface area contributed by atoms with E-state index in [1.165, 1.54) is 11.1 Å². The van der Waals surface area contributed by atoms with Gasteiger partial charge in [-0.2, -0.15) is 5.10 Å². The number of nitrogens with zero attached hydrogens (tertiary/aromatic N) is 1. The maximum atomic E-state index is 4.28. The van der Waals surface area contributed by atoms with Crippen molar-refractivity contribution in [2.45, 2.75) is 20.3 Å². The van der Waals surface area contributed by atoms with E-state index in [1.807, 2.05) is 12.1 Å². The molecule has 0 aliphatic heterocycles. The van der Waals surface area contributed by atoms with Crippen molar-refractivity contribution in [3.63, 3.8) is 0 Å². The molecular formula is C11H13BrN2. The van der Waals surface area contributed by atoms with Crippen molar-refractivity contribution >= 4 is 26.8 Å². The lowest BCUT2D eigenvalue weighted by molar-refractivity contribution is 0.636. The molecule has 2 rings (SSSR count). The molecule has 0 aliphatic carbocycles. The van der Waals surface area contributed by atoms with E-state index in [-0.39, 0.29) is 0 Å². The van der Waals surface area contributed by atoms with Crippen LogP contribution < -0.4 is 0 Å². The van der Waals surface area contributed by atoms with Crippen molar-refractivity contribution in [2.24, 2.45) is 5.92 Å². The van der Waals surface area contributed by atoms with Crippen molar-refractivity contribution in [3.05, 3.63) is 28.4 Å². The number of benzene rings is 1. The highest BCUT2D eigenvalue weighted by Gasteiger charge is 2.09. The average molecular weight is 253 g/mol. The maximum Gasteiger partial charge on any atom is 0.0935 e. The zero-order chi connectivity index (χ0) is 10.1. The number of hydrogen-bond donors (Lipinski definition) is 1. The van der Waals surface area contributed by atoms with Gasteiger partial charge in [0, 0.05) is 15.6 Å². The van der Waals surface area contributed by atoms with Crippen LogP contribution in [-0.4, -0.2) is 10.2 Å². The number of rotatable bonds is 2. The average Bonchev–Trinajstić information content (AvgIpc) is 2.49. The van der Waals surface area contributed by atoms with Gasteiger partial charge in [0.05, 0.1) is 5.52 Å². The Kier molecular flexibility index (Phi) is 2.59. The molecule has 0 unspecified atom stereocenters. The quantitative estimate of drug-likeness (QED) is 0.871. The van der Waals surface area contributed by atoms with E-state index in [9.17, 15) is 0 Å². The van der Waals surface area contributed by atoms with Crippen LogP contribution in [0.15, 0.2) is 22.7 Å². The van der Waals surface area contributed by atoms with Gasteiger partial charge >= 0.3 is 0 Å². The monoisotopic (exact) mass is 252 g/mol. The third kappa shape index (κ3) is 1.69. The minimum atomic E-state index is 0.644. The van der Waals surface area contributed by atoms with Crippen LogP contribution in [0.25, 0.3) is 10.9 Å². The van der Waals surface area contributed by atoms with Gasteiger partial charge in [-0.1, -0.05) is 35.8 Å². The summed E-state index contributed by atoms with van der Waals surface area (Å²) in [5.41, 5.74) is 2.26. The maximum absolute atomic E-state index is 4.28. The molecule has 0 aliphatic rings. The molecular weight excluding hydrogens is 240 g/mol. The first-order valence-corrected chi connectivity index (χ1v) is 5.59. The topological polar surface area (TPSA) is 28.7 Å². The molecule has 0 fully saturated rings. The lowest BCUT2D eigenvalue weighted by atomic mass is 10.1. The second-order valence-corrected chi connectivity index (χ2v) is 4.79. The first-order valence-electron chi connectivity index (χ1n) is 4.80. The SMILES string of the molecule is CC(C)Cc1[nH]nc2cccc(Br)c12. The van der Waals surface area contributed by atoms with Crippen molar-refractivity contribution in [1.82, 2.24) is 10.2 Å². The van der Waals surface area contributed by atoms with Crippen LogP contribution in [-0.2, 0) is 6.42 Å². The van der Waals surface area contributed by atoms with Gasteiger partial charge in [0.15, 0.2) is 0 Å². The fourth-order valence-electron chi connectivity index (χ4n) is 1.64. The summed E-state index contributed by atoms with van der Waals surface area (Å²) in [5, 5.41) is 8.61. The molecule has 14 heavy (non-hydrogen) atoms. The Balaban J connectivity index is 2.55. The Morgan fingerprint density at radius 1 is 1.43 bits per heavy atom. The van der Waals surface area contributed by atoms with Gasteiger partial charge in [-0.15, -0.1) is 0 Å². The fourth-order valence-corrected chi connectivity index (χ4v) is 2.24. The van der Waals surface area contributed by atoms with Gasteiger partial charge in [0.25, 0.3) is 0 Å². The normalized spacial score (nSPS) is 11.4. The summed E-state index contributed by atoms with van der Waals surface area (Å²) in [6.07, 6.45) is 1.04. The molecule has 0 amide bonds. The Hall–Kier alpha value is -0.830. The molecule has 3 heteroatoms. The molecule has 74 valence electrons. The Labute approximate surface area is 91.8 Å². The van der Waals surface area contributed by atoms with Crippen molar-refractivity contribution in [1.29, 1.82) is 0 Å². The predicted octanol–water partition coefficient (Wildman–Crippen LogP) is 3.52. The highest BCUT2D eigenvalue weighted by Crippen LogP contribution is 2.26. The van der Waals surface area contributed by atoms with Crippen molar-refractivity contribution in [3.8, 4) is 0 Å². The molecule has 1 aromatic heterocycles. The fraction of sp³-hybridized carbons (Fsp3) is 0.364. The van der Waals surface area contributed by atoms with Crippen LogP contribution in [0, 0.1) is 5.92 Å². The van der Waals surface area contributed by atoms with Crippen LogP contribution in [0.3, 0.4) is 0 Å². The second kappa shape index (κ2) is 3.73. The van der Waals surface area contributed by atoms with E-state index < -0.39 is 0 Å².